The number of aliphatic carboxylic acids is 1. The molecule has 10 N–H and O–H groups in total. The first-order valence-electron chi connectivity index (χ1n) is 12.0. The average Bonchev–Trinajstić information content (AvgIpc) is 3.30. The fourth-order valence-corrected chi connectivity index (χ4v) is 3.75. The maximum Gasteiger partial charge on any atom is 0.326 e. The van der Waals surface area contributed by atoms with Gasteiger partial charge in [-0.15, -0.1) is 0 Å². The van der Waals surface area contributed by atoms with E-state index < -0.39 is 66.2 Å². The van der Waals surface area contributed by atoms with Gasteiger partial charge < -0.3 is 42.8 Å². The third-order valence-electron chi connectivity index (χ3n) is 5.75. The number of primary amides is 1. The minimum atomic E-state index is -1.34. The maximum atomic E-state index is 13.0. The maximum absolute atomic E-state index is 13.0. The number of carboxylic acids is 1. The molecule has 4 atom stereocenters. The Kier molecular flexibility index (Phi) is 11.7. The Morgan fingerprint density at radius 1 is 1.00 bits per heavy atom. The quantitative estimate of drug-likeness (QED) is 0.109. The molecule has 0 saturated heterocycles. The summed E-state index contributed by atoms with van der Waals surface area (Å²) in [6.45, 7) is 0.828. The van der Waals surface area contributed by atoms with Gasteiger partial charge in [-0.1, -0.05) is 18.2 Å². The van der Waals surface area contributed by atoms with Crippen molar-refractivity contribution >= 4 is 59.0 Å². The molecule has 14 nitrogen and oxygen atoms in total. The lowest BCUT2D eigenvalue weighted by Crippen LogP contribution is -2.55. The molecule has 5 amide bonds. The fourth-order valence-electron chi connectivity index (χ4n) is 3.58. The average molecular weight is 564 g/mol. The summed E-state index contributed by atoms with van der Waals surface area (Å²) in [5, 5.41) is 20.0. The standard InChI is InChI=1S/C24H33N7O7S/c1-12(29-22(35)15(25)11-39)21(34)28-10-20(33)30-17(6-7-19(26)32)23(36)31-18(24(37)38)8-13-9-27-16-5-3-2-4-14(13)16/h2-5,9,12,15,17-18,27,39H,6-8,10-11,25H2,1H3,(H2,26,32)(H,28,34)(H,29,35)(H,30,33)(H,31,36)(H,37,38)/t12-,15-,17-,18-/m0/s1. The fraction of sp³-hybridized carbons (Fsp3) is 0.417. The second-order valence-electron chi connectivity index (χ2n) is 8.83. The Balaban J connectivity index is 2.01. The first-order valence-corrected chi connectivity index (χ1v) is 12.7. The summed E-state index contributed by atoms with van der Waals surface area (Å²) >= 11 is 3.91. The molecular weight excluding hydrogens is 530 g/mol. The number of rotatable bonds is 15. The van der Waals surface area contributed by atoms with Gasteiger partial charge in [-0.2, -0.15) is 12.6 Å². The van der Waals surface area contributed by atoms with E-state index in [1.54, 1.807) is 12.3 Å². The Hall–Kier alpha value is -4.11. The number of carbonyl (C=O) groups excluding carboxylic acids is 5. The van der Waals surface area contributed by atoms with Crippen LogP contribution in [-0.2, 0) is 35.2 Å². The monoisotopic (exact) mass is 563 g/mol. The summed E-state index contributed by atoms with van der Waals surface area (Å²) < 4.78 is 0. The minimum Gasteiger partial charge on any atom is -0.480 e. The summed E-state index contributed by atoms with van der Waals surface area (Å²) in [6, 6.07) is 2.69. The number of carbonyl (C=O) groups is 6. The van der Waals surface area contributed by atoms with Crippen LogP contribution in [0.5, 0.6) is 0 Å². The third-order valence-corrected chi connectivity index (χ3v) is 6.15. The lowest BCUT2D eigenvalue weighted by atomic mass is 10.0. The van der Waals surface area contributed by atoms with E-state index in [1.807, 2.05) is 18.2 Å². The van der Waals surface area contributed by atoms with E-state index in [0.717, 1.165) is 10.9 Å². The van der Waals surface area contributed by atoms with Crippen molar-refractivity contribution < 1.29 is 33.9 Å². The van der Waals surface area contributed by atoms with Crippen LogP contribution >= 0.6 is 12.6 Å². The highest BCUT2D eigenvalue weighted by molar-refractivity contribution is 7.80. The zero-order valence-corrected chi connectivity index (χ0v) is 22.1. The molecule has 1 heterocycles. The van der Waals surface area contributed by atoms with Gasteiger partial charge >= 0.3 is 5.97 Å². The number of fused-ring (bicyclic) bond motifs is 1. The molecule has 0 aliphatic heterocycles. The summed E-state index contributed by atoms with van der Waals surface area (Å²) in [6.07, 6.45) is 1.14. The van der Waals surface area contributed by atoms with Gasteiger partial charge in [0.25, 0.3) is 0 Å². The zero-order valence-electron chi connectivity index (χ0n) is 21.2. The molecule has 39 heavy (non-hydrogen) atoms. The Morgan fingerprint density at radius 3 is 2.33 bits per heavy atom. The van der Waals surface area contributed by atoms with Gasteiger partial charge in [0.2, 0.25) is 29.5 Å². The highest BCUT2D eigenvalue weighted by Crippen LogP contribution is 2.19. The van der Waals surface area contributed by atoms with Crippen molar-refractivity contribution in [2.24, 2.45) is 11.5 Å². The van der Waals surface area contributed by atoms with Crippen LogP contribution < -0.4 is 32.7 Å². The van der Waals surface area contributed by atoms with E-state index in [0.29, 0.717) is 5.56 Å². The van der Waals surface area contributed by atoms with Gasteiger partial charge in [0, 0.05) is 35.7 Å². The Bertz CT molecular complexity index is 1220. The van der Waals surface area contributed by atoms with Gasteiger partial charge in [0.15, 0.2) is 0 Å². The van der Waals surface area contributed by atoms with Gasteiger partial charge in [0.05, 0.1) is 12.6 Å². The highest BCUT2D eigenvalue weighted by Gasteiger charge is 2.28. The van der Waals surface area contributed by atoms with Crippen LogP contribution in [0, 0.1) is 0 Å². The molecule has 0 aliphatic carbocycles. The Labute approximate surface area is 229 Å². The topological polar surface area (TPSA) is 239 Å². The van der Waals surface area contributed by atoms with E-state index in [2.05, 4.69) is 38.9 Å². The van der Waals surface area contributed by atoms with Crippen LogP contribution in [0.25, 0.3) is 10.9 Å². The summed E-state index contributed by atoms with van der Waals surface area (Å²) in [7, 11) is 0. The molecule has 0 aliphatic rings. The SMILES string of the molecule is C[C@H](NC(=O)[C@@H](N)CS)C(=O)NCC(=O)N[C@@H](CCC(N)=O)C(=O)N[C@@H](Cc1c[nH]c2ccccc12)C(=O)O. The summed E-state index contributed by atoms with van der Waals surface area (Å²) in [4.78, 5) is 75.7. The van der Waals surface area contributed by atoms with Gasteiger partial charge in [-0.3, -0.25) is 24.0 Å². The molecule has 0 spiro atoms. The number of nitrogens with one attached hydrogen (secondary N) is 5. The largest absolute Gasteiger partial charge is 0.480 e. The zero-order chi connectivity index (χ0) is 29.1. The van der Waals surface area contributed by atoms with Gasteiger partial charge in [0.1, 0.15) is 18.1 Å². The lowest BCUT2D eigenvalue weighted by Gasteiger charge is -2.22. The Morgan fingerprint density at radius 2 is 1.69 bits per heavy atom. The van der Waals surface area contributed by atoms with Crippen molar-refractivity contribution in [3.8, 4) is 0 Å². The van der Waals surface area contributed by atoms with Gasteiger partial charge in [-0.25, -0.2) is 4.79 Å². The lowest BCUT2D eigenvalue weighted by molar-refractivity contribution is -0.142. The van der Waals surface area contributed by atoms with Crippen molar-refractivity contribution in [3.05, 3.63) is 36.0 Å². The van der Waals surface area contributed by atoms with E-state index in [1.165, 1.54) is 6.92 Å². The molecule has 0 unspecified atom stereocenters. The van der Waals surface area contributed by atoms with Crippen LogP contribution in [0.15, 0.2) is 30.5 Å². The van der Waals surface area contributed by atoms with Crippen LogP contribution in [0.2, 0.25) is 0 Å². The highest BCUT2D eigenvalue weighted by atomic mass is 32.1. The second-order valence-corrected chi connectivity index (χ2v) is 9.19. The number of hydrogen-bond donors (Lipinski definition) is 9. The first-order chi connectivity index (χ1) is 18.4. The third kappa shape index (κ3) is 9.61. The summed E-state index contributed by atoms with van der Waals surface area (Å²) in [5.74, 6) is -4.87. The number of H-pyrrole nitrogens is 1. The van der Waals surface area contributed by atoms with E-state index in [9.17, 15) is 33.9 Å². The molecule has 1 aromatic heterocycles. The van der Waals surface area contributed by atoms with Crippen molar-refractivity contribution in [1.82, 2.24) is 26.3 Å². The van der Waals surface area contributed by atoms with Crippen molar-refractivity contribution in [1.29, 1.82) is 0 Å². The number of benzene rings is 1. The first kappa shape index (κ1) is 31.1. The molecule has 212 valence electrons. The van der Waals surface area contributed by atoms with Crippen LogP contribution in [0.4, 0.5) is 0 Å². The number of aromatic nitrogens is 1. The van der Waals surface area contributed by atoms with E-state index >= 15 is 0 Å². The molecule has 2 aromatic rings. The van der Waals surface area contributed by atoms with Crippen LogP contribution in [0.3, 0.4) is 0 Å². The number of carboxylic acid groups (broad SMARTS) is 1. The van der Waals surface area contributed by atoms with Crippen LogP contribution in [0.1, 0.15) is 25.3 Å². The number of nitrogens with two attached hydrogens (primary N) is 2. The van der Waals surface area contributed by atoms with Crippen molar-refractivity contribution in [2.45, 2.75) is 50.4 Å². The molecule has 1 aromatic carbocycles. The number of hydrogen-bond acceptors (Lipinski definition) is 8. The minimum absolute atomic E-state index is 0.0435. The summed E-state index contributed by atoms with van der Waals surface area (Å²) in [5.41, 5.74) is 12.2. The molecule has 0 bridgehead atoms. The molecule has 0 radical (unpaired) electrons. The van der Waals surface area contributed by atoms with Crippen LogP contribution in [-0.4, -0.2) is 82.1 Å². The van der Waals surface area contributed by atoms with E-state index in [-0.39, 0.29) is 25.0 Å². The molecule has 0 saturated carbocycles. The van der Waals surface area contributed by atoms with Gasteiger partial charge in [-0.05, 0) is 25.0 Å². The molecule has 15 heteroatoms. The predicted molar refractivity (Wildman–Crippen MR) is 144 cm³/mol. The van der Waals surface area contributed by atoms with E-state index in [4.69, 9.17) is 11.5 Å². The number of thiol groups is 1. The number of aromatic amines is 1. The normalized spacial score (nSPS) is 13.9. The number of amides is 5. The second kappa shape index (κ2) is 14.7. The molecular formula is C24H33N7O7S. The van der Waals surface area contributed by atoms with Crippen molar-refractivity contribution in [3.63, 3.8) is 0 Å². The smallest absolute Gasteiger partial charge is 0.326 e. The van der Waals surface area contributed by atoms with Crippen molar-refractivity contribution in [2.75, 3.05) is 12.3 Å². The number of para-hydroxylation sites is 1. The predicted octanol–water partition coefficient (Wildman–Crippen LogP) is -2.09. The molecule has 2 rings (SSSR count). The molecule has 0 fully saturated rings.